The lowest BCUT2D eigenvalue weighted by molar-refractivity contribution is -0.137. The molecule has 2 rings (SSSR count). The van der Waals surface area contributed by atoms with Crippen molar-refractivity contribution in [1.82, 2.24) is 5.32 Å². The molecule has 0 radical (unpaired) electrons. The molecule has 2 aromatic rings. The van der Waals surface area contributed by atoms with Gasteiger partial charge in [0, 0.05) is 0 Å². The first kappa shape index (κ1) is 17.6. The summed E-state index contributed by atoms with van der Waals surface area (Å²) in [4.78, 5) is 23.4. The SMILES string of the molecule is C[C@H](NC(=O)COC(=O)c1ccc(C(F)(F)F)cc1)c1ccco1. The van der Waals surface area contributed by atoms with E-state index in [0.717, 1.165) is 24.3 Å². The molecule has 1 aromatic carbocycles. The zero-order chi connectivity index (χ0) is 17.7. The van der Waals surface area contributed by atoms with E-state index < -0.39 is 36.3 Å². The first-order chi connectivity index (χ1) is 11.3. The molecule has 5 nitrogen and oxygen atoms in total. The molecule has 0 aliphatic heterocycles. The van der Waals surface area contributed by atoms with Gasteiger partial charge in [0.1, 0.15) is 5.76 Å². The van der Waals surface area contributed by atoms with Crippen molar-refractivity contribution in [2.75, 3.05) is 6.61 Å². The third-order valence-corrected chi connectivity index (χ3v) is 3.13. The number of alkyl halides is 3. The molecule has 128 valence electrons. The Morgan fingerprint density at radius 3 is 2.42 bits per heavy atom. The van der Waals surface area contributed by atoms with Gasteiger partial charge < -0.3 is 14.5 Å². The minimum Gasteiger partial charge on any atom is -0.467 e. The molecule has 1 amide bonds. The molecule has 8 heteroatoms. The first-order valence-electron chi connectivity index (χ1n) is 6.94. The number of halogens is 3. The summed E-state index contributed by atoms with van der Waals surface area (Å²) in [6.07, 6.45) is -3.02. The lowest BCUT2D eigenvalue weighted by Crippen LogP contribution is -2.31. The molecular weight excluding hydrogens is 327 g/mol. The minimum absolute atomic E-state index is 0.0742. The Kier molecular flexibility index (Phi) is 5.28. The van der Waals surface area contributed by atoms with Gasteiger partial charge in [0.05, 0.1) is 23.4 Å². The molecule has 1 N–H and O–H groups in total. The van der Waals surface area contributed by atoms with Crippen molar-refractivity contribution in [2.24, 2.45) is 0 Å². The number of esters is 1. The Morgan fingerprint density at radius 1 is 1.21 bits per heavy atom. The maximum atomic E-state index is 12.4. The monoisotopic (exact) mass is 341 g/mol. The van der Waals surface area contributed by atoms with Gasteiger partial charge >= 0.3 is 12.1 Å². The number of hydrogen-bond donors (Lipinski definition) is 1. The van der Waals surface area contributed by atoms with E-state index in [-0.39, 0.29) is 5.56 Å². The van der Waals surface area contributed by atoms with Gasteiger partial charge in [-0.15, -0.1) is 0 Å². The Balaban J connectivity index is 1.85. The number of hydrogen-bond acceptors (Lipinski definition) is 4. The summed E-state index contributed by atoms with van der Waals surface area (Å²) in [6.45, 7) is 1.14. The van der Waals surface area contributed by atoms with Crippen LogP contribution in [0.15, 0.2) is 47.1 Å². The highest BCUT2D eigenvalue weighted by molar-refractivity contribution is 5.91. The molecule has 0 spiro atoms. The van der Waals surface area contributed by atoms with E-state index in [1.165, 1.54) is 6.26 Å². The van der Waals surface area contributed by atoms with Crippen LogP contribution < -0.4 is 5.32 Å². The Bertz CT molecular complexity index is 693. The van der Waals surface area contributed by atoms with E-state index in [1.807, 2.05) is 0 Å². The van der Waals surface area contributed by atoms with Crippen LogP contribution in [0.1, 0.15) is 34.6 Å². The fraction of sp³-hybridized carbons (Fsp3) is 0.250. The number of ether oxygens (including phenoxy) is 1. The predicted octanol–water partition coefficient (Wildman–Crippen LogP) is 3.33. The van der Waals surface area contributed by atoms with Crippen molar-refractivity contribution in [3.05, 3.63) is 59.5 Å². The molecule has 1 heterocycles. The van der Waals surface area contributed by atoms with Crippen molar-refractivity contribution in [3.8, 4) is 0 Å². The highest BCUT2D eigenvalue weighted by atomic mass is 19.4. The molecule has 0 aliphatic rings. The fourth-order valence-corrected chi connectivity index (χ4v) is 1.90. The maximum Gasteiger partial charge on any atom is 0.416 e. The number of benzene rings is 1. The third kappa shape index (κ3) is 4.61. The molecule has 0 bridgehead atoms. The molecule has 0 fully saturated rings. The van der Waals surface area contributed by atoms with Gasteiger partial charge in [-0.2, -0.15) is 13.2 Å². The van der Waals surface area contributed by atoms with E-state index in [0.29, 0.717) is 5.76 Å². The average molecular weight is 341 g/mol. The molecular formula is C16H14F3NO4. The van der Waals surface area contributed by atoms with E-state index >= 15 is 0 Å². The predicted molar refractivity (Wildman–Crippen MR) is 77.0 cm³/mol. The zero-order valence-electron chi connectivity index (χ0n) is 12.6. The third-order valence-electron chi connectivity index (χ3n) is 3.13. The van der Waals surface area contributed by atoms with Crippen LogP contribution in [0.4, 0.5) is 13.2 Å². The molecule has 1 aromatic heterocycles. The van der Waals surface area contributed by atoms with Gasteiger partial charge in [0.15, 0.2) is 6.61 Å². The van der Waals surface area contributed by atoms with E-state index in [2.05, 4.69) is 5.32 Å². The fourth-order valence-electron chi connectivity index (χ4n) is 1.90. The van der Waals surface area contributed by atoms with Crippen LogP contribution in [0, 0.1) is 0 Å². The zero-order valence-corrected chi connectivity index (χ0v) is 12.6. The minimum atomic E-state index is -4.48. The van der Waals surface area contributed by atoms with E-state index in [9.17, 15) is 22.8 Å². The van der Waals surface area contributed by atoms with Crippen molar-refractivity contribution in [1.29, 1.82) is 0 Å². The summed E-state index contributed by atoms with van der Waals surface area (Å²) >= 11 is 0. The number of carbonyl (C=O) groups excluding carboxylic acids is 2. The second kappa shape index (κ2) is 7.20. The molecule has 0 saturated heterocycles. The molecule has 0 saturated carbocycles. The van der Waals surface area contributed by atoms with Crippen LogP contribution in [0.25, 0.3) is 0 Å². The largest absolute Gasteiger partial charge is 0.467 e. The standard InChI is InChI=1S/C16H14F3NO4/c1-10(13-3-2-8-23-13)20-14(21)9-24-15(22)11-4-6-12(7-5-11)16(17,18)19/h2-8,10H,9H2,1H3,(H,20,21)/t10-/m0/s1. The van der Waals surface area contributed by atoms with Gasteiger partial charge in [0.25, 0.3) is 5.91 Å². The van der Waals surface area contributed by atoms with Crippen molar-refractivity contribution in [3.63, 3.8) is 0 Å². The highest BCUT2D eigenvalue weighted by Crippen LogP contribution is 2.29. The summed E-state index contributed by atoms with van der Waals surface area (Å²) < 4.78 is 47.2. The number of amides is 1. The topological polar surface area (TPSA) is 68.5 Å². The summed E-state index contributed by atoms with van der Waals surface area (Å²) in [5.74, 6) is -0.902. The highest BCUT2D eigenvalue weighted by Gasteiger charge is 2.30. The Hall–Kier alpha value is -2.77. The summed E-state index contributed by atoms with van der Waals surface area (Å²) in [7, 11) is 0. The van der Waals surface area contributed by atoms with Crippen LogP contribution in [-0.4, -0.2) is 18.5 Å². The maximum absolute atomic E-state index is 12.4. The van der Waals surface area contributed by atoms with Crippen LogP contribution in [-0.2, 0) is 15.7 Å². The lowest BCUT2D eigenvalue weighted by Gasteiger charge is -2.12. The van der Waals surface area contributed by atoms with Crippen LogP contribution in [0.5, 0.6) is 0 Å². The second-order valence-electron chi connectivity index (χ2n) is 4.96. The number of rotatable bonds is 5. The second-order valence-corrected chi connectivity index (χ2v) is 4.96. The van der Waals surface area contributed by atoms with E-state index in [1.54, 1.807) is 19.1 Å². The number of furan rings is 1. The summed E-state index contributed by atoms with van der Waals surface area (Å²) in [5, 5.41) is 2.56. The van der Waals surface area contributed by atoms with Gasteiger partial charge in [-0.3, -0.25) is 4.79 Å². The van der Waals surface area contributed by atoms with Gasteiger partial charge in [-0.25, -0.2) is 4.79 Å². The molecule has 0 unspecified atom stereocenters. The summed E-state index contributed by atoms with van der Waals surface area (Å²) in [5.41, 5.74) is -0.945. The van der Waals surface area contributed by atoms with Crippen LogP contribution in [0.3, 0.4) is 0 Å². The quantitative estimate of drug-likeness (QED) is 0.847. The Morgan fingerprint density at radius 2 is 1.88 bits per heavy atom. The number of nitrogens with one attached hydrogen (secondary N) is 1. The van der Waals surface area contributed by atoms with Gasteiger partial charge in [-0.05, 0) is 43.3 Å². The average Bonchev–Trinajstić information content (AvgIpc) is 3.06. The van der Waals surface area contributed by atoms with Crippen LogP contribution in [0.2, 0.25) is 0 Å². The molecule has 1 atom stereocenters. The Labute approximate surface area is 135 Å². The van der Waals surface area contributed by atoms with Crippen molar-refractivity contribution < 1.29 is 31.9 Å². The van der Waals surface area contributed by atoms with Gasteiger partial charge in [0.2, 0.25) is 0 Å². The lowest BCUT2D eigenvalue weighted by atomic mass is 10.1. The smallest absolute Gasteiger partial charge is 0.416 e. The molecule has 24 heavy (non-hydrogen) atoms. The number of carbonyl (C=O) groups is 2. The van der Waals surface area contributed by atoms with Crippen LogP contribution >= 0.6 is 0 Å². The summed E-state index contributed by atoms with van der Waals surface area (Å²) in [6, 6.07) is 6.48. The van der Waals surface area contributed by atoms with Crippen molar-refractivity contribution in [2.45, 2.75) is 19.1 Å². The first-order valence-corrected chi connectivity index (χ1v) is 6.94. The normalized spacial score (nSPS) is 12.5. The molecule has 0 aliphatic carbocycles. The van der Waals surface area contributed by atoms with Gasteiger partial charge in [-0.1, -0.05) is 0 Å². The van der Waals surface area contributed by atoms with Crippen molar-refractivity contribution >= 4 is 11.9 Å². The van der Waals surface area contributed by atoms with E-state index in [4.69, 9.17) is 9.15 Å².